The molecule has 1 aliphatic rings. The number of nitrogens with two attached hydrogens (primary N) is 1. The molecule has 0 aliphatic heterocycles. The fraction of sp³-hybridized carbons (Fsp3) is 0.733. The number of fused-ring (bicyclic) bond motifs is 1. The minimum atomic E-state index is 0.266. The van der Waals surface area contributed by atoms with Crippen molar-refractivity contribution in [3.05, 3.63) is 23.5 Å². The molecule has 0 spiro atoms. The van der Waals surface area contributed by atoms with Gasteiger partial charge >= 0.3 is 0 Å². The monoisotopic (exact) mass is 266 g/mol. The molecule has 18 heavy (non-hydrogen) atoms. The molecule has 2 rings (SSSR count). The predicted octanol–water partition coefficient (Wildman–Crippen LogP) is 3.75. The lowest BCUT2D eigenvalue weighted by atomic mass is 9.93. The van der Waals surface area contributed by atoms with Gasteiger partial charge in [0.25, 0.3) is 0 Å². The zero-order valence-corrected chi connectivity index (χ0v) is 12.7. The molecule has 2 nitrogen and oxygen atoms in total. The van der Waals surface area contributed by atoms with Gasteiger partial charge in [0, 0.05) is 29.2 Å². The van der Waals surface area contributed by atoms with Crippen LogP contribution in [0.15, 0.2) is 12.3 Å². The van der Waals surface area contributed by atoms with Gasteiger partial charge in [-0.15, -0.1) is 0 Å². The Balaban J connectivity index is 2.24. The molecule has 1 unspecified atom stereocenters. The van der Waals surface area contributed by atoms with Crippen LogP contribution < -0.4 is 5.73 Å². The molecular weight excluding hydrogens is 240 g/mol. The fourth-order valence-electron chi connectivity index (χ4n) is 3.08. The maximum Gasteiger partial charge on any atom is 0.0369 e. The van der Waals surface area contributed by atoms with Gasteiger partial charge in [0.2, 0.25) is 0 Å². The third-order valence-electron chi connectivity index (χ3n) is 4.62. The molecule has 1 aromatic heterocycles. The van der Waals surface area contributed by atoms with Crippen LogP contribution in [0.3, 0.4) is 0 Å². The Morgan fingerprint density at radius 1 is 1.44 bits per heavy atom. The van der Waals surface area contributed by atoms with Gasteiger partial charge in [-0.3, -0.25) is 0 Å². The molecule has 3 heteroatoms. The lowest BCUT2D eigenvalue weighted by Gasteiger charge is -2.32. The van der Waals surface area contributed by atoms with Crippen LogP contribution in [0.1, 0.15) is 56.8 Å². The van der Waals surface area contributed by atoms with E-state index in [0.29, 0.717) is 4.75 Å². The van der Waals surface area contributed by atoms with Gasteiger partial charge in [0.05, 0.1) is 0 Å². The molecule has 2 N–H and O–H groups in total. The van der Waals surface area contributed by atoms with E-state index in [9.17, 15) is 0 Å². The average molecular weight is 266 g/mol. The highest BCUT2D eigenvalue weighted by Crippen LogP contribution is 2.35. The van der Waals surface area contributed by atoms with E-state index in [1.165, 1.54) is 36.9 Å². The smallest absolute Gasteiger partial charge is 0.0369 e. The number of rotatable bonds is 5. The first kappa shape index (κ1) is 14.0. The molecular formula is C15H26N2S. The van der Waals surface area contributed by atoms with E-state index in [1.807, 2.05) is 11.8 Å². The van der Waals surface area contributed by atoms with Crippen molar-refractivity contribution in [2.75, 3.05) is 6.26 Å². The topological polar surface area (TPSA) is 30.9 Å². The van der Waals surface area contributed by atoms with Crippen LogP contribution in [0, 0.1) is 0 Å². The van der Waals surface area contributed by atoms with Gasteiger partial charge in [-0.05, 0) is 50.0 Å². The summed E-state index contributed by atoms with van der Waals surface area (Å²) in [6.45, 7) is 5.74. The van der Waals surface area contributed by atoms with Crippen molar-refractivity contribution >= 4 is 11.8 Å². The Morgan fingerprint density at radius 3 is 2.78 bits per heavy atom. The number of hydrogen-bond acceptors (Lipinski definition) is 2. The number of thioether (sulfide) groups is 1. The molecule has 1 aliphatic carbocycles. The van der Waals surface area contributed by atoms with Gasteiger partial charge in [-0.1, -0.05) is 13.8 Å². The number of hydrogen-bond donors (Lipinski definition) is 1. The molecule has 0 amide bonds. The molecule has 1 atom stereocenters. The summed E-state index contributed by atoms with van der Waals surface area (Å²) in [6, 6.07) is 2.51. The standard InChI is InChI=1S/C15H26N2S/c1-4-15(5-2,18-3)11-17-10-9-12-13(16)7-6-8-14(12)17/h9-10,13H,4-8,11,16H2,1-3H3. The number of aromatic nitrogens is 1. The summed E-state index contributed by atoms with van der Waals surface area (Å²) in [4.78, 5) is 0. The minimum Gasteiger partial charge on any atom is -0.350 e. The van der Waals surface area contributed by atoms with Gasteiger partial charge in [-0.25, -0.2) is 0 Å². The van der Waals surface area contributed by atoms with E-state index in [-0.39, 0.29) is 6.04 Å². The average Bonchev–Trinajstić information content (AvgIpc) is 2.81. The molecule has 1 heterocycles. The van der Waals surface area contributed by atoms with E-state index in [0.717, 1.165) is 13.0 Å². The minimum absolute atomic E-state index is 0.266. The largest absolute Gasteiger partial charge is 0.350 e. The van der Waals surface area contributed by atoms with Crippen molar-refractivity contribution in [3.8, 4) is 0 Å². The van der Waals surface area contributed by atoms with Crippen LogP contribution in [0.2, 0.25) is 0 Å². The second-order valence-corrected chi connectivity index (χ2v) is 6.71. The van der Waals surface area contributed by atoms with Crippen molar-refractivity contribution in [1.82, 2.24) is 4.57 Å². The second-order valence-electron chi connectivity index (χ2n) is 5.44. The summed E-state index contributed by atoms with van der Waals surface area (Å²) in [5, 5.41) is 0. The first-order valence-corrected chi connectivity index (χ1v) is 8.37. The Labute approximate surface area is 115 Å². The van der Waals surface area contributed by atoms with Crippen molar-refractivity contribution in [3.63, 3.8) is 0 Å². The lowest BCUT2D eigenvalue weighted by Crippen LogP contribution is -2.30. The fourth-order valence-corrected chi connectivity index (χ4v) is 3.92. The molecule has 102 valence electrons. The summed E-state index contributed by atoms with van der Waals surface area (Å²) in [6.07, 6.45) is 10.5. The highest BCUT2D eigenvalue weighted by Gasteiger charge is 2.28. The maximum atomic E-state index is 6.20. The molecule has 0 bridgehead atoms. The highest BCUT2D eigenvalue weighted by atomic mass is 32.2. The Morgan fingerprint density at radius 2 is 2.17 bits per heavy atom. The normalized spacial score (nSPS) is 19.9. The maximum absolute atomic E-state index is 6.20. The zero-order chi connectivity index (χ0) is 13.2. The summed E-state index contributed by atoms with van der Waals surface area (Å²) in [7, 11) is 0. The highest BCUT2D eigenvalue weighted by molar-refractivity contribution is 8.00. The van der Waals surface area contributed by atoms with Crippen LogP contribution in [0.25, 0.3) is 0 Å². The third kappa shape index (κ3) is 2.48. The zero-order valence-electron chi connectivity index (χ0n) is 11.9. The molecule has 0 radical (unpaired) electrons. The van der Waals surface area contributed by atoms with E-state index in [4.69, 9.17) is 5.73 Å². The molecule has 0 aromatic carbocycles. The molecule has 1 aromatic rings. The van der Waals surface area contributed by atoms with Crippen LogP contribution in [-0.4, -0.2) is 15.6 Å². The van der Waals surface area contributed by atoms with Gasteiger partial charge in [0.1, 0.15) is 0 Å². The van der Waals surface area contributed by atoms with Crippen molar-refractivity contribution in [1.29, 1.82) is 0 Å². The first-order valence-electron chi connectivity index (χ1n) is 7.14. The molecule has 0 fully saturated rings. The lowest BCUT2D eigenvalue weighted by molar-refractivity contribution is 0.448. The van der Waals surface area contributed by atoms with E-state index < -0.39 is 0 Å². The van der Waals surface area contributed by atoms with E-state index in [1.54, 1.807) is 0 Å². The predicted molar refractivity (Wildman–Crippen MR) is 81.1 cm³/mol. The van der Waals surface area contributed by atoms with Crippen LogP contribution in [-0.2, 0) is 13.0 Å². The van der Waals surface area contributed by atoms with E-state index in [2.05, 4.69) is 36.9 Å². The SMILES string of the molecule is CCC(CC)(Cn1ccc2c1CCCC2N)SC. The Kier molecular flexibility index (Phi) is 4.44. The quantitative estimate of drug-likeness (QED) is 0.880. The second kappa shape index (κ2) is 5.70. The third-order valence-corrected chi connectivity index (χ3v) is 6.19. The first-order chi connectivity index (χ1) is 8.65. The summed E-state index contributed by atoms with van der Waals surface area (Å²) in [5.41, 5.74) is 9.09. The van der Waals surface area contributed by atoms with Gasteiger partial charge in [-0.2, -0.15) is 11.8 Å². The number of nitrogens with zero attached hydrogens (tertiary/aromatic N) is 1. The summed E-state index contributed by atoms with van der Waals surface area (Å²) < 4.78 is 2.85. The Hall–Kier alpha value is -0.410. The van der Waals surface area contributed by atoms with Crippen molar-refractivity contribution < 1.29 is 0 Å². The van der Waals surface area contributed by atoms with Crippen LogP contribution in [0.5, 0.6) is 0 Å². The summed E-state index contributed by atoms with van der Waals surface area (Å²) >= 11 is 2.01. The Bertz CT molecular complexity index is 385. The van der Waals surface area contributed by atoms with E-state index >= 15 is 0 Å². The molecule has 0 saturated carbocycles. The van der Waals surface area contributed by atoms with Crippen molar-refractivity contribution in [2.24, 2.45) is 5.73 Å². The van der Waals surface area contributed by atoms with Crippen LogP contribution >= 0.6 is 11.8 Å². The molecule has 0 saturated heterocycles. The van der Waals surface area contributed by atoms with Gasteiger partial charge < -0.3 is 10.3 Å². The summed E-state index contributed by atoms with van der Waals surface area (Å²) in [5.74, 6) is 0. The van der Waals surface area contributed by atoms with Gasteiger partial charge in [0.15, 0.2) is 0 Å². The van der Waals surface area contributed by atoms with Crippen molar-refractivity contribution in [2.45, 2.75) is 63.3 Å². The van der Waals surface area contributed by atoms with Crippen LogP contribution in [0.4, 0.5) is 0 Å².